The molecule has 5 nitrogen and oxygen atoms in total. The second-order valence-electron chi connectivity index (χ2n) is 7.18. The van der Waals surface area contributed by atoms with E-state index < -0.39 is 5.54 Å². The fraction of sp³-hybridized carbons (Fsp3) is 0.412. The van der Waals surface area contributed by atoms with Crippen molar-refractivity contribution in [2.45, 2.75) is 39.7 Å². The van der Waals surface area contributed by atoms with Crippen LogP contribution >= 0.6 is 28.3 Å². The Morgan fingerprint density at radius 1 is 1.25 bits per heavy atom. The van der Waals surface area contributed by atoms with Gasteiger partial charge in [-0.25, -0.2) is 0 Å². The van der Waals surface area contributed by atoms with Gasteiger partial charge in [0.15, 0.2) is 5.82 Å². The van der Waals surface area contributed by atoms with Crippen molar-refractivity contribution >= 4 is 40.1 Å². The predicted molar refractivity (Wildman–Crippen MR) is 103 cm³/mol. The van der Waals surface area contributed by atoms with E-state index in [2.05, 4.69) is 52.2 Å². The van der Waals surface area contributed by atoms with Crippen molar-refractivity contribution in [3.63, 3.8) is 0 Å². The zero-order chi connectivity index (χ0) is 17.3. The summed E-state index contributed by atoms with van der Waals surface area (Å²) in [6.07, 6.45) is 0.850. The Bertz CT molecular complexity index is 689. The third kappa shape index (κ3) is 5.33. The van der Waals surface area contributed by atoms with Crippen LogP contribution in [0.2, 0.25) is 0 Å². The molecule has 0 radical (unpaired) electrons. The van der Waals surface area contributed by atoms with Crippen LogP contribution in [0.1, 0.15) is 39.0 Å². The monoisotopic (exact) mass is 414 g/mol. The summed E-state index contributed by atoms with van der Waals surface area (Å²) in [5.41, 5.74) is 6.96. The number of hydrogen-bond donors (Lipinski definition) is 3. The van der Waals surface area contributed by atoms with Gasteiger partial charge in [-0.05, 0) is 36.5 Å². The van der Waals surface area contributed by atoms with E-state index in [0.29, 0.717) is 5.82 Å². The SMILES string of the molecule is CC(C)(C)Cc1cc(NC(=O)C(C)(N)c2ccc(Br)cc2)n[nH]1.Cl. The van der Waals surface area contributed by atoms with Crippen molar-refractivity contribution in [3.8, 4) is 0 Å². The molecule has 1 atom stereocenters. The van der Waals surface area contributed by atoms with Gasteiger partial charge in [0.1, 0.15) is 5.54 Å². The Morgan fingerprint density at radius 2 is 1.83 bits per heavy atom. The number of benzene rings is 1. The molecule has 2 rings (SSSR count). The van der Waals surface area contributed by atoms with Gasteiger partial charge in [0.05, 0.1) is 0 Å². The van der Waals surface area contributed by atoms with Crippen molar-refractivity contribution < 1.29 is 4.79 Å². The standard InChI is InChI=1S/C17H23BrN4O.ClH/c1-16(2,3)10-13-9-14(22-21-13)20-15(23)17(4,19)11-5-7-12(18)8-6-11;/h5-9H,10,19H2,1-4H3,(H2,20,21,22,23);1H. The van der Waals surface area contributed by atoms with Crippen LogP contribution in [0.25, 0.3) is 0 Å². The van der Waals surface area contributed by atoms with Gasteiger partial charge >= 0.3 is 0 Å². The summed E-state index contributed by atoms with van der Waals surface area (Å²) in [5, 5.41) is 9.88. The Morgan fingerprint density at radius 3 is 2.38 bits per heavy atom. The number of hydrogen-bond acceptors (Lipinski definition) is 3. The summed E-state index contributed by atoms with van der Waals surface area (Å²) in [7, 11) is 0. The van der Waals surface area contributed by atoms with E-state index in [1.807, 2.05) is 30.3 Å². The molecule has 0 saturated heterocycles. The van der Waals surface area contributed by atoms with Gasteiger partial charge in [-0.1, -0.05) is 48.8 Å². The molecule has 1 unspecified atom stereocenters. The molecule has 1 aromatic heterocycles. The topological polar surface area (TPSA) is 83.8 Å². The highest BCUT2D eigenvalue weighted by Gasteiger charge is 2.31. The lowest BCUT2D eigenvalue weighted by Crippen LogP contribution is -2.45. The molecule has 0 aliphatic rings. The summed E-state index contributed by atoms with van der Waals surface area (Å²) in [6, 6.07) is 9.24. The van der Waals surface area contributed by atoms with E-state index >= 15 is 0 Å². The molecule has 0 aliphatic heterocycles. The Kier molecular flexibility index (Phi) is 6.61. The molecule has 4 N–H and O–H groups in total. The minimum Gasteiger partial charge on any atom is -0.314 e. The Hall–Kier alpha value is -1.37. The first-order valence-electron chi connectivity index (χ1n) is 7.48. The first-order valence-corrected chi connectivity index (χ1v) is 8.28. The molecule has 24 heavy (non-hydrogen) atoms. The number of nitrogens with zero attached hydrogens (tertiary/aromatic N) is 1. The van der Waals surface area contributed by atoms with Gasteiger partial charge < -0.3 is 11.1 Å². The summed E-state index contributed by atoms with van der Waals surface area (Å²) < 4.78 is 0.941. The molecule has 0 saturated carbocycles. The number of H-pyrrole nitrogens is 1. The van der Waals surface area contributed by atoms with Gasteiger partial charge in [0, 0.05) is 16.2 Å². The lowest BCUT2D eigenvalue weighted by atomic mass is 9.90. The van der Waals surface area contributed by atoms with Crippen LogP contribution < -0.4 is 11.1 Å². The largest absolute Gasteiger partial charge is 0.314 e. The van der Waals surface area contributed by atoms with Crippen LogP contribution in [0.3, 0.4) is 0 Å². The second-order valence-corrected chi connectivity index (χ2v) is 8.09. The third-order valence-electron chi connectivity index (χ3n) is 3.51. The van der Waals surface area contributed by atoms with Gasteiger partial charge in [-0.15, -0.1) is 12.4 Å². The van der Waals surface area contributed by atoms with Crippen LogP contribution in [0, 0.1) is 5.41 Å². The average molecular weight is 416 g/mol. The zero-order valence-corrected chi connectivity index (χ0v) is 16.7. The van der Waals surface area contributed by atoms with Crippen LogP contribution in [0.15, 0.2) is 34.8 Å². The van der Waals surface area contributed by atoms with E-state index in [0.717, 1.165) is 22.2 Å². The van der Waals surface area contributed by atoms with E-state index in [4.69, 9.17) is 5.73 Å². The number of rotatable bonds is 4. The number of aromatic amines is 1. The summed E-state index contributed by atoms with van der Waals surface area (Å²) in [4.78, 5) is 12.5. The maximum atomic E-state index is 12.5. The maximum Gasteiger partial charge on any atom is 0.249 e. The second kappa shape index (κ2) is 7.68. The highest BCUT2D eigenvalue weighted by molar-refractivity contribution is 9.10. The van der Waals surface area contributed by atoms with E-state index in [-0.39, 0.29) is 23.7 Å². The number of halogens is 2. The summed E-state index contributed by atoms with van der Waals surface area (Å²) >= 11 is 3.37. The van der Waals surface area contributed by atoms with Gasteiger partial charge in [0.2, 0.25) is 5.91 Å². The fourth-order valence-corrected chi connectivity index (χ4v) is 2.53. The van der Waals surface area contributed by atoms with Crippen LogP contribution in [-0.2, 0) is 16.8 Å². The minimum atomic E-state index is -1.14. The molecule has 0 spiro atoms. The van der Waals surface area contributed by atoms with E-state index in [9.17, 15) is 4.79 Å². The van der Waals surface area contributed by atoms with Crippen molar-refractivity contribution in [1.82, 2.24) is 10.2 Å². The molecule has 2 aromatic rings. The molecule has 0 bridgehead atoms. The van der Waals surface area contributed by atoms with Crippen molar-refractivity contribution in [2.75, 3.05) is 5.32 Å². The number of aromatic nitrogens is 2. The van der Waals surface area contributed by atoms with Gasteiger partial charge in [-0.2, -0.15) is 5.10 Å². The maximum absolute atomic E-state index is 12.5. The van der Waals surface area contributed by atoms with Crippen molar-refractivity contribution in [2.24, 2.45) is 11.1 Å². The fourth-order valence-electron chi connectivity index (χ4n) is 2.26. The van der Waals surface area contributed by atoms with Crippen molar-refractivity contribution in [1.29, 1.82) is 0 Å². The number of amides is 1. The minimum absolute atomic E-state index is 0. The molecule has 0 aliphatic carbocycles. The highest BCUT2D eigenvalue weighted by Crippen LogP contribution is 2.23. The summed E-state index contributed by atoms with van der Waals surface area (Å²) in [6.45, 7) is 8.14. The van der Waals surface area contributed by atoms with E-state index in [1.165, 1.54) is 0 Å². The lowest BCUT2D eigenvalue weighted by Gasteiger charge is -2.23. The van der Waals surface area contributed by atoms with Crippen LogP contribution in [0.4, 0.5) is 5.82 Å². The first-order chi connectivity index (χ1) is 10.6. The number of anilines is 1. The molecular formula is C17H24BrClN4O. The zero-order valence-electron chi connectivity index (χ0n) is 14.3. The van der Waals surface area contributed by atoms with Crippen LogP contribution in [0.5, 0.6) is 0 Å². The lowest BCUT2D eigenvalue weighted by molar-refractivity contribution is -0.120. The van der Waals surface area contributed by atoms with E-state index in [1.54, 1.807) is 6.92 Å². The third-order valence-corrected chi connectivity index (χ3v) is 4.04. The number of carbonyl (C=O) groups is 1. The molecule has 132 valence electrons. The molecule has 7 heteroatoms. The quantitative estimate of drug-likeness (QED) is 0.706. The van der Waals surface area contributed by atoms with Gasteiger partial charge in [0.25, 0.3) is 0 Å². The summed E-state index contributed by atoms with van der Waals surface area (Å²) in [5.74, 6) is 0.191. The van der Waals surface area contributed by atoms with Crippen molar-refractivity contribution in [3.05, 3.63) is 46.1 Å². The van der Waals surface area contributed by atoms with Crippen LogP contribution in [-0.4, -0.2) is 16.1 Å². The predicted octanol–water partition coefficient (Wildman–Crippen LogP) is 4.00. The molecule has 1 aromatic carbocycles. The Balaban J connectivity index is 0.00000288. The molecule has 1 amide bonds. The Labute approximate surface area is 157 Å². The number of carbonyl (C=O) groups excluding carboxylic acids is 1. The number of nitrogens with two attached hydrogens (primary N) is 1. The van der Waals surface area contributed by atoms with Gasteiger partial charge in [-0.3, -0.25) is 9.89 Å². The normalized spacial score (nSPS) is 13.8. The molecule has 0 fully saturated rings. The average Bonchev–Trinajstić information content (AvgIpc) is 2.84. The molecule has 1 heterocycles. The molecular weight excluding hydrogens is 392 g/mol. The smallest absolute Gasteiger partial charge is 0.249 e. The number of nitrogens with one attached hydrogen (secondary N) is 2. The first kappa shape index (κ1) is 20.7. The highest BCUT2D eigenvalue weighted by atomic mass is 79.9.